The molecule has 1 N–H and O–H groups in total. The summed E-state index contributed by atoms with van der Waals surface area (Å²) in [6.45, 7) is 19.8. The van der Waals surface area contributed by atoms with Crippen molar-refractivity contribution < 1.29 is 9.53 Å². The molecule has 5 aliphatic rings. The number of hydrogen-bond donors (Lipinski definition) is 1. The number of benzene rings is 1. The topological polar surface area (TPSA) is 42.1 Å². The van der Waals surface area contributed by atoms with Gasteiger partial charge in [-0.1, -0.05) is 65.0 Å². The number of hydrogen-bond acceptors (Lipinski definition) is 2. The van der Waals surface area contributed by atoms with Crippen LogP contribution in [0.3, 0.4) is 0 Å². The summed E-state index contributed by atoms with van der Waals surface area (Å²) in [6.07, 6.45) is 10.5. The minimum atomic E-state index is -0.307. The van der Waals surface area contributed by atoms with Gasteiger partial charge in [-0.2, -0.15) is 0 Å². The number of allylic oxidation sites excluding steroid dienone is 1. The molecule has 0 aliphatic heterocycles. The first kappa shape index (κ1) is 26.8. The molecular weight excluding hydrogens is 490 g/mol. The van der Waals surface area contributed by atoms with E-state index in [-0.39, 0.29) is 33.0 Å². The number of nitrogens with one attached hydrogen (secondary N) is 1. The van der Waals surface area contributed by atoms with E-state index in [1.165, 1.54) is 54.3 Å². The van der Waals surface area contributed by atoms with Gasteiger partial charge in [0, 0.05) is 22.0 Å². The highest BCUT2D eigenvalue weighted by Crippen LogP contribution is 2.77. The molecular formula is C37H51NO2. The third-order valence-corrected chi connectivity index (χ3v) is 14.8. The van der Waals surface area contributed by atoms with Crippen molar-refractivity contribution in [2.75, 3.05) is 7.11 Å². The average Bonchev–Trinajstić information content (AvgIpc) is 3.49. The maximum absolute atomic E-state index is 13.5. The zero-order valence-corrected chi connectivity index (χ0v) is 26.1. The third kappa shape index (κ3) is 3.01. The molecule has 0 spiro atoms. The van der Waals surface area contributed by atoms with Gasteiger partial charge in [-0.3, -0.25) is 4.79 Å². The molecule has 4 saturated carbocycles. The lowest BCUT2D eigenvalue weighted by molar-refractivity contribution is -0.228. The Morgan fingerprint density at radius 2 is 1.68 bits per heavy atom. The van der Waals surface area contributed by atoms with E-state index in [1.807, 2.05) is 0 Å². The molecule has 9 atom stereocenters. The van der Waals surface area contributed by atoms with Crippen LogP contribution in [0.15, 0.2) is 36.4 Å². The van der Waals surface area contributed by atoms with E-state index >= 15 is 0 Å². The molecule has 0 amide bonds. The van der Waals surface area contributed by atoms with Crippen molar-refractivity contribution >= 4 is 16.9 Å². The van der Waals surface area contributed by atoms with Crippen molar-refractivity contribution in [3.63, 3.8) is 0 Å². The van der Waals surface area contributed by atoms with Crippen LogP contribution in [0, 0.1) is 51.2 Å². The molecule has 216 valence electrons. The lowest BCUT2D eigenvalue weighted by atomic mass is 9.32. The van der Waals surface area contributed by atoms with Crippen LogP contribution in [0.5, 0.6) is 0 Å². The van der Waals surface area contributed by atoms with Gasteiger partial charge in [-0.15, -0.1) is 0 Å². The molecule has 3 heteroatoms. The number of para-hydroxylation sites is 1. The number of esters is 1. The number of H-pyrrole nitrogens is 1. The molecule has 2 aromatic rings. The Kier molecular flexibility index (Phi) is 5.56. The Bertz CT molecular complexity index is 1400. The summed E-state index contributed by atoms with van der Waals surface area (Å²) in [5, 5.41) is 1.44. The second-order valence-electron chi connectivity index (χ2n) is 16.3. The van der Waals surface area contributed by atoms with Crippen LogP contribution in [-0.4, -0.2) is 18.1 Å². The lowest BCUT2D eigenvalue weighted by Crippen LogP contribution is -2.67. The van der Waals surface area contributed by atoms with E-state index in [0.717, 1.165) is 25.7 Å². The number of ether oxygens (including phenoxy) is 1. The van der Waals surface area contributed by atoms with E-state index in [0.29, 0.717) is 29.6 Å². The van der Waals surface area contributed by atoms with Gasteiger partial charge < -0.3 is 9.72 Å². The van der Waals surface area contributed by atoms with Gasteiger partial charge in [0.1, 0.15) is 0 Å². The van der Waals surface area contributed by atoms with Gasteiger partial charge in [0.15, 0.2) is 0 Å². The number of aromatic nitrogens is 1. The maximum Gasteiger partial charge on any atom is 0.312 e. The van der Waals surface area contributed by atoms with E-state index in [1.54, 1.807) is 12.7 Å². The van der Waals surface area contributed by atoms with Crippen LogP contribution in [0.1, 0.15) is 104 Å². The van der Waals surface area contributed by atoms with Gasteiger partial charge in [0.25, 0.3) is 0 Å². The van der Waals surface area contributed by atoms with E-state index in [4.69, 9.17) is 4.74 Å². The minimum Gasteiger partial charge on any atom is -0.469 e. The van der Waals surface area contributed by atoms with Crippen molar-refractivity contribution in [1.29, 1.82) is 0 Å². The van der Waals surface area contributed by atoms with E-state index < -0.39 is 0 Å². The molecule has 4 fully saturated rings. The number of methoxy groups -OCH3 is 1. The molecule has 5 aliphatic carbocycles. The lowest BCUT2D eigenvalue weighted by Gasteiger charge is -2.72. The normalized spacial score (nSPS) is 45.0. The van der Waals surface area contributed by atoms with Gasteiger partial charge in [0.2, 0.25) is 0 Å². The first-order chi connectivity index (χ1) is 18.8. The minimum absolute atomic E-state index is 0.0622. The molecule has 40 heavy (non-hydrogen) atoms. The van der Waals surface area contributed by atoms with E-state index in [9.17, 15) is 4.79 Å². The highest BCUT2D eigenvalue weighted by Gasteiger charge is 2.72. The zero-order chi connectivity index (χ0) is 28.5. The van der Waals surface area contributed by atoms with Crippen LogP contribution in [0.2, 0.25) is 0 Å². The fourth-order valence-electron chi connectivity index (χ4n) is 13.0. The van der Waals surface area contributed by atoms with Crippen molar-refractivity contribution in [3.8, 4) is 0 Å². The molecule has 7 rings (SSSR count). The second-order valence-corrected chi connectivity index (χ2v) is 16.3. The third-order valence-electron chi connectivity index (χ3n) is 14.8. The van der Waals surface area contributed by atoms with Crippen molar-refractivity contribution in [1.82, 2.24) is 4.98 Å². The summed E-state index contributed by atoms with van der Waals surface area (Å²) in [4.78, 5) is 17.4. The predicted octanol–water partition coefficient (Wildman–Crippen LogP) is 9.01. The number of rotatable bonds is 2. The molecule has 0 saturated heterocycles. The smallest absolute Gasteiger partial charge is 0.312 e. The number of fused-ring (bicyclic) bond motifs is 10. The summed E-state index contributed by atoms with van der Waals surface area (Å²) in [5.41, 5.74) is 6.26. The Labute approximate surface area is 241 Å². The van der Waals surface area contributed by atoms with Crippen LogP contribution in [-0.2, 0) is 21.4 Å². The average molecular weight is 542 g/mol. The van der Waals surface area contributed by atoms with Gasteiger partial charge in [-0.05, 0) is 122 Å². The summed E-state index contributed by atoms with van der Waals surface area (Å²) in [6, 6.07) is 8.99. The Balaban J connectivity index is 1.33. The number of carbonyl (C=O) groups excluding carboxylic acids is 1. The molecule has 0 bridgehead atoms. The highest BCUT2D eigenvalue weighted by molar-refractivity contribution is 5.85. The summed E-state index contributed by atoms with van der Waals surface area (Å²) in [7, 11) is 1.61. The summed E-state index contributed by atoms with van der Waals surface area (Å²) < 4.78 is 5.57. The predicted molar refractivity (Wildman–Crippen MR) is 163 cm³/mol. The number of aromatic amines is 1. The standard InChI is InChI=1S/C37H51NO2/c1-22(2)23-15-18-37(32(39)40-8)20-19-35(6)26(30(23)37)13-14-29-34(5)21-25-24-11-9-10-12-27(24)38-31(25)33(3,4)28(34)16-17-36(29,35)7/h9-12,23,26,28-30,38H,1,13-21H2,2-8H3. The molecule has 9 unspecified atom stereocenters. The fraction of sp³-hybridized carbons (Fsp3) is 0.703. The molecule has 1 aromatic carbocycles. The Morgan fingerprint density at radius 1 is 0.925 bits per heavy atom. The summed E-state index contributed by atoms with van der Waals surface area (Å²) in [5.74, 6) is 2.81. The quantitative estimate of drug-likeness (QED) is 0.304. The van der Waals surface area contributed by atoms with Crippen LogP contribution >= 0.6 is 0 Å². The van der Waals surface area contributed by atoms with Crippen molar-refractivity contribution in [3.05, 3.63) is 47.7 Å². The number of carbonyl (C=O) groups is 1. The Hall–Kier alpha value is -2.03. The fourth-order valence-corrected chi connectivity index (χ4v) is 13.0. The van der Waals surface area contributed by atoms with Crippen LogP contribution in [0.4, 0.5) is 0 Å². The van der Waals surface area contributed by atoms with Gasteiger partial charge in [-0.25, -0.2) is 0 Å². The monoisotopic (exact) mass is 541 g/mol. The van der Waals surface area contributed by atoms with Gasteiger partial charge >= 0.3 is 5.97 Å². The van der Waals surface area contributed by atoms with Crippen LogP contribution in [0.25, 0.3) is 10.9 Å². The molecule has 1 heterocycles. The Morgan fingerprint density at radius 3 is 2.40 bits per heavy atom. The largest absolute Gasteiger partial charge is 0.469 e. The second kappa shape index (κ2) is 8.29. The van der Waals surface area contributed by atoms with Crippen molar-refractivity contribution in [2.45, 2.75) is 105 Å². The summed E-state index contributed by atoms with van der Waals surface area (Å²) >= 11 is 0. The first-order valence-corrected chi connectivity index (χ1v) is 16.2. The first-order valence-electron chi connectivity index (χ1n) is 16.2. The molecule has 0 radical (unpaired) electrons. The van der Waals surface area contributed by atoms with Gasteiger partial charge in [0.05, 0.1) is 12.5 Å². The molecule has 3 nitrogen and oxygen atoms in total. The SMILES string of the molecule is C=C(C)C1CCC2(C(=O)OC)CCC3(C)C(CCC4C5(C)Cc6c([nH]c7ccccc67)C(C)(C)C5CCC43C)C12. The van der Waals surface area contributed by atoms with Crippen molar-refractivity contribution in [2.24, 2.45) is 51.2 Å². The highest BCUT2D eigenvalue weighted by atomic mass is 16.5. The van der Waals surface area contributed by atoms with Crippen LogP contribution < -0.4 is 0 Å². The van der Waals surface area contributed by atoms with E-state index in [2.05, 4.69) is 77.4 Å². The molecule has 1 aromatic heterocycles. The zero-order valence-electron chi connectivity index (χ0n) is 26.1. The maximum atomic E-state index is 13.5.